The zero-order chi connectivity index (χ0) is 21.7. The number of nitrogens with zero attached hydrogens (tertiary/aromatic N) is 3. The molecule has 154 valence electrons. The average Bonchev–Trinajstić information content (AvgIpc) is 3.24. The summed E-state index contributed by atoms with van der Waals surface area (Å²) in [6, 6.07) is 8.80. The SMILES string of the molecule is C=Cc1cc(-c2cn(-c3ccc(C(F)(F)CC)cn3)cn2)ccc1/C=C/CC(C)=O. The van der Waals surface area contributed by atoms with Gasteiger partial charge in [-0.25, -0.2) is 18.7 Å². The van der Waals surface area contributed by atoms with Gasteiger partial charge in [0.15, 0.2) is 0 Å². The molecular formula is C24H23F2N3O. The number of hydrogen-bond acceptors (Lipinski definition) is 3. The number of allylic oxidation sites excluding steroid dienone is 1. The van der Waals surface area contributed by atoms with Gasteiger partial charge in [0.05, 0.1) is 5.69 Å². The van der Waals surface area contributed by atoms with Crippen molar-refractivity contribution in [1.82, 2.24) is 14.5 Å². The van der Waals surface area contributed by atoms with Crippen LogP contribution in [0.3, 0.4) is 0 Å². The van der Waals surface area contributed by atoms with Crippen LogP contribution in [-0.4, -0.2) is 20.3 Å². The van der Waals surface area contributed by atoms with E-state index in [1.807, 2.05) is 30.4 Å². The van der Waals surface area contributed by atoms with Gasteiger partial charge in [-0.2, -0.15) is 0 Å². The fraction of sp³-hybridized carbons (Fsp3) is 0.208. The van der Waals surface area contributed by atoms with Crippen LogP contribution in [0.1, 0.15) is 43.4 Å². The standard InChI is InChI=1S/C24H23F2N3O/c1-4-18-13-20(10-9-19(18)8-6-7-17(3)30)22-15-29(16-28-22)23-12-11-21(14-27-23)24(25,26)5-2/h4,6,8-16H,1,5,7H2,2-3H3/b8-6+. The number of imidazole rings is 1. The molecule has 0 fully saturated rings. The van der Waals surface area contributed by atoms with Crippen LogP contribution in [0.25, 0.3) is 29.2 Å². The monoisotopic (exact) mass is 407 g/mol. The number of benzene rings is 1. The van der Waals surface area contributed by atoms with Gasteiger partial charge in [0.1, 0.15) is 17.9 Å². The molecule has 4 nitrogen and oxygen atoms in total. The summed E-state index contributed by atoms with van der Waals surface area (Å²) in [6.07, 6.45) is 10.2. The molecule has 1 aromatic carbocycles. The minimum absolute atomic E-state index is 0.0990. The third kappa shape index (κ3) is 4.76. The third-order valence-electron chi connectivity index (χ3n) is 4.77. The Labute approximate surface area is 174 Å². The topological polar surface area (TPSA) is 47.8 Å². The number of pyridine rings is 1. The van der Waals surface area contributed by atoms with Gasteiger partial charge in [-0.3, -0.25) is 9.36 Å². The van der Waals surface area contributed by atoms with Crippen LogP contribution in [0.5, 0.6) is 0 Å². The number of halogens is 2. The second-order valence-electron chi connectivity index (χ2n) is 6.99. The number of ketones is 1. The van der Waals surface area contributed by atoms with Crippen molar-refractivity contribution in [2.24, 2.45) is 0 Å². The number of carbonyl (C=O) groups is 1. The summed E-state index contributed by atoms with van der Waals surface area (Å²) in [5.74, 6) is -2.27. The summed E-state index contributed by atoms with van der Waals surface area (Å²) in [5, 5.41) is 0. The Hall–Kier alpha value is -3.41. The lowest BCUT2D eigenvalue weighted by Gasteiger charge is -2.14. The summed E-state index contributed by atoms with van der Waals surface area (Å²) in [7, 11) is 0. The Kier molecular flexibility index (Phi) is 6.35. The average molecular weight is 407 g/mol. The first-order chi connectivity index (χ1) is 14.3. The minimum atomic E-state index is -2.88. The molecule has 0 N–H and O–H groups in total. The van der Waals surface area contributed by atoms with E-state index in [0.717, 1.165) is 22.4 Å². The highest BCUT2D eigenvalue weighted by Crippen LogP contribution is 2.31. The molecule has 6 heteroatoms. The molecule has 0 radical (unpaired) electrons. The van der Waals surface area contributed by atoms with E-state index in [1.165, 1.54) is 19.2 Å². The molecule has 3 rings (SSSR count). The lowest BCUT2D eigenvalue weighted by Crippen LogP contribution is -2.12. The van der Waals surface area contributed by atoms with E-state index in [2.05, 4.69) is 16.5 Å². The van der Waals surface area contributed by atoms with Gasteiger partial charge in [0.2, 0.25) is 0 Å². The lowest BCUT2D eigenvalue weighted by molar-refractivity contribution is -0.116. The molecule has 0 aliphatic heterocycles. The summed E-state index contributed by atoms with van der Waals surface area (Å²) in [4.78, 5) is 19.7. The number of rotatable bonds is 8. The summed E-state index contributed by atoms with van der Waals surface area (Å²) in [5.41, 5.74) is 3.40. The highest BCUT2D eigenvalue weighted by molar-refractivity contribution is 5.79. The number of alkyl halides is 2. The quantitative estimate of drug-likeness (QED) is 0.455. The maximum absolute atomic E-state index is 13.8. The Balaban J connectivity index is 1.84. The largest absolute Gasteiger partial charge is 0.300 e. The van der Waals surface area contributed by atoms with Crippen LogP contribution < -0.4 is 0 Å². The molecule has 0 unspecified atom stereocenters. The third-order valence-corrected chi connectivity index (χ3v) is 4.77. The number of aromatic nitrogens is 3. The van der Waals surface area contributed by atoms with E-state index in [1.54, 1.807) is 36.2 Å². The fourth-order valence-corrected chi connectivity index (χ4v) is 2.97. The number of Topliss-reactive ketones (excluding diaryl/α,β-unsaturated/α-hetero) is 1. The smallest absolute Gasteiger partial charge is 0.274 e. The lowest BCUT2D eigenvalue weighted by atomic mass is 10.0. The minimum Gasteiger partial charge on any atom is -0.300 e. The van der Waals surface area contributed by atoms with Crippen LogP contribution in [0.15, 0.2) is 61.7 Å². The van der Waals surface area contributed by atoms with Crippen LogP contribution in [0.4, 0.5) is 8.78 Å². The maximum atomic E-state index is 13.8. The molecule has 0 aliphatic rings. The first-order valence-corrected chi connectivity index (χ1v) is 9.65. The Bertz CT molecular complexity index is 1080. The van der Waals surface area contributed by atoms with Crippen molar-refractivity contribution in [2.45, 2.75) is 32.6 Å². The molecule has 0 amide bonds. The highest BCUT2D eigenvalue weighted by Gasteiger charge is 2.29. The van der Waals surface area contributed by atoms with Gasteiger partial charge < -0.3 is 0 Å². The van der Waals surface area contributed by atoms with Gasteiger partial charge in [0.25, 0.3) is 5.92 Å². The summed E-state index contributed by atoms with van der Waals surface area (Å²) < 4.78 is 29.2. The van der Waals surface area contributed by atoms with Crippen molar-refractivity contribution in [3.05, 3.63) is 78.4 Å². The molecule has 0 bridgehead atoms. The Morgan fingerprint density at radius 1 is 1.20 bits per heavy atom. The van der Waals surface area contributed by atoms with Crippen molar-refractivity contribution < 1.29 is 13.6 Å². The molecule has 0 spiro atoms. The van der Waals surface area contributed by atoms with Gasteiger partial charge in [-0.15, -0.1) is 0 Å². The Morgan fingerprint density at radius 2 is 2.00 bits per heavy atom. The Morgan fingerprint density at radius 3 is 2.63 bits per heavy atom. The molecule has 0 saturated heterocycles. The van der Waals surface area contributed by atoms with E-state index >= 15 is 0 Å². The molecule has 3 aromatic rings. The first kappa shape index (κ1) is 21.3. The second kappa shape index (κ2) is 8.95. The molecule has 0 aliphatic carbocycles. The normalized spacial score (nSPS) is 11.7. The molecule has 0 atom stereocenters. The maximum Gasteiger partial charge on any atom is 0.274 e. The van der Waals surface area contributed by atoms with Crippen molar-refractivity contribution in [1.29, 1.82) is 0 Å². The zero-order valence-electron chi connectivity index (χ0n) is 17.0. The fourth-order valence-electron chi connectivity index (χ4n) is 2.97. The molecular weight excluding hydrogens is 384 g/mol. The van der Waals surface area contributed by atoms with E-state index in [0.29, 0.717) is 12.2 Å². The van der Waals surface area contributed by atoms with Crippen molar-refractivity contribution in [3.8, 4) is 17.1 Å². The van der Waals surface area contributed by atoms with Gasteiger partial charge in [0, 0.05) is 36.4 Å². The predicted octanol–water partition coefficient (Wildman–Crippen LogP) is 6.07. The van der Waals surface area contributed by atoms with E-state index in [-0.39, 0.29) is 17.8 Å². The van der Waals surface area contributed by atoms with Crippen LogP contribution >= 0.6 is 0 Å². The van der Waals surface area contributed by atoms with Crippen molar-refractivity contribution in [3.63, 3.8) is 0 Å². The highest BCUT2D eigenvalue weighted by atomic mass is 19.3. The van der Waals surface area contributed by atoms with Crippen molar-refractivity contribution in [2.75, 3.05) is 0 Å². The molecule has 30 heavy (non-hydrogen) atoms. The molecule has 0 saturated carbocycles. The van der Waals surface area contributed by atoms with E-state index in [9.17, 15) is 13.6 Å². The van der Waals surface area contributed by atoms with Gasteiger partial charge in [-0.1, -0.05) is 43.9 Å². The van der Waals surface area contributed by atoms with Crippen LogP contribution in [0, 0.1) is 0 Å². The van der Waals surface area contributed by atoms with E-state index in [4.69, 9.17) is 0 Å². The summed E-state index contributed by atoms with van der Waals surface area (Å²) >= 11 is 0. The van der Waals surface area contributed by atoms with Crippen LogP contribution in [0.2, 0.25) is 0 Å². The molecule has 2 aromatic heterocycles. The van der Waals surface area contributed by atoms with E-state index < -0.39 is 5.92 Å². The second-order valence-corrected chi connectivity index (χ2v) is 6.99. The number of hydrogen-bond donors (Lipinski definition) is 0. The van der Waals surface area contributed by atoms with Crippen molar-refractivity contribution >= 4 is 17.9 Å². The number of carbonyl (C=O) groups excluding carboxylic acids is 1. The zero-order valence-corrected chi connectivity index (χ0v) is 17.0. The van der Waals surface area contributed by atoms with Gasteiger partial charge >= 0.3 is 0 Å². The predicted molar refractivity (Wildman–Crippen MR) is 115 cm³/mol. The van der Waals surface area contributed by atoms with Gasteiger partial charge in [-0.05, 0) is 36.2 Å². The van der Waals surface area contributed by atoms with Crippen LogP contribution in [-0.2, 0) is 10.7 Å². The summed E-state index contributed by atoms with van der Waals surface area (Å²) in [6.45, 7) is 6.85. The molecule has 2 heterocycles. The first-order valence-electron chi connectivity index (χ1n) is 9.65.